The second-order valence-corrected chi connectivity index (χ2v) is 6.22. The molecule has 0 fully saturated rings. The fourth-order valence-electron chi connectivity index (χ4n) is 1.37. The van der Waals surface area contributed by atoms with Crippen LogP contribution in [0.4, 0.5) is 0 Å². The van der Waals surface area contributed by atoms with Gasteiger partial charge in [0.1, 0.15) is 0 Å². The van der Waals surface area contributed by atoms with E-state index in [4.69, 9.17) is 34.8 Å². The zero-order valence-corrected chi connectivity index (χ0v) is 12.6. The first-order chi connectivity index (χ1) is 7.61. The van der Waals surface area contributed by atoms with Gasteiger partial charge in [-0.2, -0.15) is 0 Å². The molecule has 16 heavy (non-hydrogen) atoms. The number of halogens is 4. The molecule has 2 rings (SSSR count). The Hall–Kier alpha value is 0.270. The molecule has 5 heteroatoms. The van der Waals surface area contributed by atoms with Crippen LogP contribution in [-0.2, 0) is 0 Å². The molecule has 0 aliphatic heterocycles. The van der Waals surface area contributed by atoms with Gasteiger partial charge in [0, 0.05) is 20.5 Å². The van der Waals surface area contributed by atoms with Crippen LogP contribution < -0.4 is 0 Å². The number of rotatable bonds is 2. The maximum absolute atomic E-state index is 6.14. The first-order valence-corrected chi connectivity index (χ1v) is 7.35. The van der Waals surface area contributed by atoms with Gasteiger partial charge in [-0.1, -0.05) is 56.8 Å². The summed E-state index contributed by atoms with van der Waals surface area (Å²) in [5.41, 5.74) is 0.857. The van der Waals surface area contributed by atoms with Gasteiger partial charge in [0.05, 0.1) is 9.85 Å². The summed E-state index contributed by atoms with van der Waals surface area (Å²) in [6.45, 7) is 0. The van der Waals surface area contributed by atoms with Crippen LogP contribution in [0.2, 0.25) is 15.1 Å². The maximum atomic E-state index is 6.14. The molecule has 0 spiro atoms. The molecule has 1 unspecified atom stereocenters. The molecule has 0 saturated heterocycles. The van der Waals surface area contributed by atoms with E-state index in [1.54, 1.807) is 11.3 Å². The number of thiophene rings is 1. The monoisotopic (exact) mass is 354 g/mol. The molecule has 1 heterocycles. The van der Waals surface area contributed by atoms with Gasteiger partial charge >= 0.3 is 0 Å². The first-order valence-electron chi connectivity index (χ1n) is 4.42. The van der Waals surface area contributed by atoms with Gasteiger partial charge in [-0.25, -0.2) is 0 Å². The molecule has 0 radical (unpaired) electrons. The van der Waals surface area contributed by atoms with E-state index >= 15 is 0 Å². The Bertz CT molecular complexity index is 489. The Morgan fingerprint density at radius 1 is 1.00 bits per heavy atom. The zero-order chi connectivity index (χ0) is 11.7. The second kappa shape index (κ2) is 5.28. The second-order valence-electron chi connectivity index (χ2n) is 3.13. The molecule has 0 N–H and O–H groups in total. The lowest BCUT2D eigenvalue weighted by Crippen LogP contribution is -1.93. The molecular weight excluding hydrogens is 350 g/mol. The Morgan fingerprint density at radius 2 is 1.62 bits per heavy atom. The summed E-state index contributed by atoms with van der Waals surface area (Å²) in [5.74, 6) is 0. The minimum absolute atomic E-state index is 0.0683. The van der Waals surface area contributed by atoms with E-state index in [2.05, 4.69) is 15.9 Å². The van der Waals surface area contributed by atoms with E-state index in [-0.39, 0.29) is 4.83 Å². The molecule has 0 bridgehead atoms. The number of hydrogen-bond acceptors (Lipinski definition) is 1. The van der Waals surface area contributed by atoms with E-state index in [9.17, 15) is 0 Å². The van der Waals surface area contributed by atoms with Gasteiger partial charge in [0.2, 0.25) is 0 Å². The van der Waals surface area contributed by atoms with Crippen molar-refractivity contribution in [3.8, 4) is 0 Å². The van der Waals surface area contributed by atoms with Crippen molar-refractivity contribution in [2.75, 3.05) is 0 Å². The largest absolute Gasteiger partial charge is 0.146 e. The highest BCUT2D eigenvalue weighted by molar-refractivity contribution is 9.09. The predicted octanol–water partition coefficient (Wildman–Crippen LogP) is 6.19. The van der Waals surface area contributed by atoms with Gasteiger partial charge in [0.25, 0.3) is 0 Å². The fourth-order valence-corrected chi connectivity index (χ4v) is 4.59. The van der Waals surface area contributed by atoms with Crippen molar-refractivity contribution in [3.05, 3.63) is 55.2 Å². The Balaban J connectivity index is 2.49. The van der Waals surface area contributed by atoms with E-state index in [0.717, 1.165) is 15.5 Å². The summed E-state index contributed by atoms with van der Waals surface area (Å²) in [6.07, 6.45) is 0. The highest BCUT2D eigenvalue weighted by Crippen LogP contribution is 2.43. The minimum Gasteiger partial charge on any atom is -0.146 e. The van der Waals surface area contributed by atoms with Crippen LogP contribution in [0.1, 0.15) is 15.3 Å². The molecule has 0 nitrogen and oxygen atoms in total. The quantitative estimate of drug-likeness (QED) is 0.563. The van der Waals surface area contributed by atoms with Crippen LogP contribution in [0.3, 0.4) is 0 Å². The molecule has 0 saturated carbocycles. The summed E-state index contributed by atoms with van der Waals surface area (Å²) in [5, 5.41) is 3.94. The average molecular weight is 356 g/mol. The molecule has 0 aliphatic rings. The van der Waals surface area contributed by atoms with E-state index < -0.39 is 0 Å². The molecule has 1 aromatic heterocycles. The van der Waals surface area contributed by atoms with E-state index in [1.165, 1.54) is 0 Å². The standard InChI is InChI=1S/C11H6BrCl3S/c12-10(11-8(15)4-5-16-11)9-6(13)2-1-3-7(9)14/h1-5,10H. The van der Waals surface area contributed by atoms with Crippen LogP contribution >= 0.6 is 62.1 Å². The van der Waals surface area contributed by atoms with Gasteiger partial charge in [-0.05, 0) is 23.6 Å². The predicted molar refractivity (Wildman–Crippen MR) is 76.6 cm³/mol. The Kier molecular flexibility index (Phi) is 4.20. The lowest BCUT2D eigenvalue weighted by molar-refractivity contribution is 1.23. The van der Waals surface area contributed by atoms with Crippen LogP contribution in [-0.4, -0.2) is 0 Å². The molecular formula is C11H6BrCl3S. The van der Waals surface area contributed by atoms with Crippen LogP contribution in [0.5, 0.6) is 0 Å². The number of alkyl halides is 1. The third-order valence-corrected chi connectivity index (χ3v) is 5.43. The molecule has 1 atom stereocenters. The highest BCUT2D eigenvalue weighted by Gasteiger charge is 2.20. The van der Waals surface area contributed by atoms with Gasteiger partial charge in [-0.3, -0.25) is 0 Å². The summed E-state index contributed by atoms with van der Waals surface area (Å²) < 4.78 is 0. The van der Waals surface area contributed by atoms with E-state index in [0.29, 0.717) is 10.0 Å². The lowest BCUT2D eigenvalue weighted by Gasteiger charge is -2.12. The van der Waals surface area contributed by atoms with Crippen molar-refractivity contribution >= 4 is 62.1 Å². The van der Waals surface area contributed by atoms with E-state index in [1.807, 2.05) is 29.6 Å². The smallest absolute Gasteiger partial charge is 0.0782 e. The van der Waals surface area contributed by atoms with Crippen molar-refractivity contribution in [3.63, 3.8) is 0 Å². The third-order valence-electron chi connectivity index (χ3n) is 2.13. The summed E-state index contributed by atoms with van der Waals surface area (Å²) in [7, 11) is 0. The molecule has 0 aliphatic carbocycles. The van der Waals surface area contributed by atoms with Gasteiger partial charge in [-0.15, -0.1) is 11.3 Å². The SMILES string of the molecule is Clc1ccsc1C(Br)c1c(Cl)cccc1Cl. The third kappa shape index (κ3) is 2.41. The first kappa shape index (κ1) is 12.7. The lowest BCUT2D eigenvalue weighted by atomic mass is 10.1. The van der Waals surface area contributed by atoms with Gasteiger partial charge < -0.3 is 0 Å². The van der Waals surface area contributed by atoms with Crippen molar-refractivity contribution in [1.82, 2.24) is 0 Å². The Morgan fingerprint density at radius 3 is 2.12 bits per heavy atom. The summed E-state index contributed by atoms with van der Waals surface area (Å²) in [4.78, 5) is 0.942. The van der Waals surface area contributed by atoms with Crippen molar-refractivity contribution in [2.24, 2.45) is 0 Å². The molecule has 1 aromatic carbocycles. The number of hydrogen-bond donors (Lipinski definition) is 0. The molecule has 2 aromatic rings. The molecule has 84 valence electrons. The summed E-state index contributed by atoms with van der Waals surface area (Å²) in [6, 6.07) is 7.32. The Labute approximate surface area is 121 Å². The van der Waals surface area contributed by atoms with Gasteiger partial charge in [0.15, 0.2) is 0 Å². The van der Waals surface area contributed by atoms with Crippen LogP contribution in [0.15, 0.2) is 29.6 Å². The average Bonchev–Trinajstić information content (AvgIpc) is 2.64. The normalized spacial score (nSPS) is 12.8. The zero-order valence-electron chi connectivity index (χ0n) is 7.88. The maximum Gasteiger partial charge on any atom is 0.0782 e. The van der Waals surface area contributed by atoms with Crippen molar-refractivity contribution < 1.29 is 0 Å². The van der Waals surface area contributed by atoms with Crippen molar-refractivity contribution in [1.29, 1.82) is 0 Å². The topological polar surface area (TPSA) is 0 Å². The molecule has 0 amide bonds. The summed E-state index contributed by atoms with van der Waals surface area (Å²) >= 11 is 23.5. The van der Waals surface area contributed by atoms with Crippen LogP contribution in [0.25, 0.3) is 0 Å². The van der Waals surface area contributed by atoms with Crippen LogP contribution in [0, 0.1) is 0 Å². The minimum atomic E-state index is -0.0683. The van der Waals surface area contributed by atoms with Crippen molar-refractivity contribution in [2.45, 2.75) is 4.83 Å². The highest BCUT2D eigenvalue weighted by atomic mass is 79.9. The fraction of sp³-hybridized carbons (Fsp3) is 0.0909. The number of benzene rings is 1.